The van der Waals surface area contributed by atoms with Gasteiger partial charge in [0.1, 0.15) is 17.2 Å². The van der Waals surface area contributed by atoms with Gasteiger partial charge in [-0.3, -0.25) is 9.59 Å². The maximum absolute atomic E-state index is 12.0. The van der Waals surface area contributed by atoms with Crippen LogP contribution in [0.15, 0.2) is 29.6 Å². The molecule has 1 heterocycles. The monoisotopic (exact) mass is 350 g/mol. The fourth-order valence-electron chi connectivity index (χ4n) is 1.92. The van der Waals surface area contributed by atoms with Crippen LogP contribution in [0.4, 0.5) is 0 Å². The van der Waals surface area contributed by atoms with Gasteiger partial charge in [-0.1, -0.05) is 23.7 Å². The smallest absolute Gasteiger partial charge is 0.325 e. The predicted molar refractivity (Wildman–Crippen MR) is 88.6 cm³/mol. The van der Waals surface area contributed by atoms with Crippen LogP contribution in [0.2, 0.25) is 5.02 Å². The van der Waals surface area contributed by atoms with Gasteiger partial charge in [0, 0.05) is 16.0 Å². The molecule has 1 N–H and O–H groups in total. The van der Waals surface area contributed by atoms with E-state index in [0.29, 0.717) is 22.6 Å². The molecule has 5 nitrogen and oxygen atoms in total. The molecule has 1 aromatic heterocycles. The summed E-state index contributed by atoms with van der Waals surface area (Å²) in [4.78, 5) is 27.8. The molecule has 1 aromatic carbocycles. The molecule has 0 aliphatic heterocycles. The number of aromatic nitrogens is 1. The number of ether oxygens (including phenoxy) is 1. The predicted octanol–water partition coefficient (Wildman–Crippen LogP) is 3.15. The SMILES string of the molecule is O=C(CNC(=O)c1csc(-c2cccc(Cl)c2)n1)OCC1CC1. The third kappa shape index (κ3) is 4.53. The van der Waals surface area contributed by atoms with E-state index in [9.17, 15) is 9.59 Å². The largest absolute Gasteiger partial charge is 0.464 e. The summed E-state index contributed by atoms with van der Waals surface area (Å²) in [7, 11) is 0. The Morgan fingerprint density at radius 3 is 2.96 bits per heavy atom. The molecule has 0 atom stereocenters. The number of rotatable bonds is 6. The van der Waals surface area contributed by atoms with Crippen LogP contribution in [-0.2, 0) is 9.53 Å². The second-order valence-electron chi connectivity index (χ2n) is 5.36. The van der Waals surface area contributed by atoms with Crippen molar-refractivity contribution in [2.45, 2.75) is 12.8 Å². The highest BCUT2D eigenvalue weighted by Gasteiger charge is 2.23. The van der Waals surface area contributed by atoms with E-state index >= 15 is 0 Å². The van der Waals surface area contributed by atoms with Crippen molar-refractivity contribution in [2.24, 2.45) is 5.92 Å². The topological polar surface area (TPSA) is 68.3 Å². The molecule has 2 aromatic rings. The van der Waals surface area contributed by atoms with Crippen molar-refractivity contribution >= 4 is 34.8 Å². The second kappa shape index (κ2) is 7.10. The zero-order chi connectivity index (χ0) is 16.2. The number of halogens is 1. The third-order valence-electron chi connectivity index (χ3n) is 3.38. The Morgan fingerprint density at radius 2 is 2.22 bits per heavy atom. The zero-order valence-corrected chi connectivity index (χ0v) is 13.8. The number of hydrogen-bond donors (Lipinski definition) is 1. The summed E-state index contributed by atoms with van der Waals surface area (Å²) in [5, 5.41) is 5.49. The zero-order valence-electron chi connectivity index (χ0n) is 12.3. The number of nitrogens with zero attached hydrogens (tertiary/aromatic N) is 1. The molecule has 1 amide bonds. The van der Waals surface area contributed by atoms with Crippen LogP contribution < -0.4 is 5.32 Å². The number of carbonyl (C=O) groups excluding carboxylic acids is 2. The van der Waals surface area contributed by atoms with E-state index in [4.69, 9.17) is 16.3 Å². The minimum Gasteiger partial charge on any atom is -0.464 e. The van der Waals surface area contributed by atoms with E-state index in [2.05, 4.69) is 10.3 Å². The Balaban J connectivity index is 1.54. The Hall–Kier alpha value is -1.92. The highest BCUT2D eigenvalue weighted by molar-refractivity contribution is 7.13. The van der Waals surface area contributed by atoms with Crippen LogP contribution >= 0.6 is 22.9 Å². The number of benzene rings is 1. The maximum Gasteiger partial charge on any atom is 0.325 e. The van der Waals surface area contributed by atoms with Gasteiger partial charge >= 0.3 is 5.97 Å². The lowest BCUT2D eigenvalue weighted by Gasteiger charge is -2.04. The molecular weight excluding hydrogens is 336 g/mol. The van der Waals surface area contributed by atoms with Crippen molar-refractivity contribution in [3.05, 3.63) is 40.4 Å². The molecule has 1 aliphatic carbocycles. The van der Waals surface area contributed by atoms with Gasteiger partial charge in [-0.25, -0.2) is 4.98 Å². The van der Waals surface area contributed by atoms with Crippen molar-refractivity contribution in [2.75, 3.05) is 13.2 Å². The third-order valence-corrected chi connectivity index (χ3v) is 4.51. The molecule has 3 rings (SSSR count). The molecule has 0 radical (unpaired) electrons. The molecule has 0 unspecified atom stereocenters. The van der Waals surface area contributed by atoms with Gasteiger partial charge in [0.25, 0.3) is 5.91 Å². The standard InChI is InChI=1S/C16H15ClN2O3S/c17-12-3-1-2-11(6-12)16-19-13(9-23-16)15(21)18-7-14(20)22-8-10-4-5-10/h1-3,6,9-10H,4-5,7-8H2,(H,18,21). The molecule has 1 fully saturated rings. The van der Waals surface area contributed by atoms with E-state index in [-0.39, 0.29) is 12.2 Å². The van der Waals surface area contributed by atoms with Crippen LogP contribution in [-0.4, -0.2) is 30.0 Å². The first kappa shape index (κ1) is 16.0. The van der Waals surface area contributed by atoms with Crippen molar-refractivity contribution in [1.82, 2.24) is 10.3 Å². The lowest BCUT2D eigenvalue weighted by Crippen LogP contribution is -2.31. The van der Waals surface area contributed by atoms with Crippen LogP contribution in [0.5, 0.6) is 0 Å². The van der Waals surface area contributed by atoms with Crippen LogP contribution in [0.1, 0.15) is 23.3 Å². The molecule has 7 heteroatoms. The molecule has 0 spiro atoms. The fourth-order valence-corrected chi connectivity index (χ4v) is 2.91. The normalized spacial score (nSPS) is 13.6. The summed E-state index contributed by atoms with van der Waals surface area (Å²) in [5.41, 5.74) is 1.13. The Labute approximate surface area is 142 Å². The number of thiazole rings is 1. The summed E-state index contributed by atoms with van der Waals surface area (Å²) >= 11 is 7.30. The average molecular weight is 351 g/mol. The van der Waals surface area contributed by atoms with Gasteiger partial charge < -0.3 is 10.1 Å². The van der Waals surface area contributed by atoms with Crippen LogP contribution in [0.25, 0.3) is 10.6 Å². The fraction of sp³-hybridized carbons (Fsp3) is 0.312. The molecule has 120 valence electrons. The lowest BCUT2D eigenvalue weighted by atomic mass is 10.2. The van der Waals surface area contributed by atoms with Gasteiger partial charge in [-0.05, 0) is 30.9 Å². The lowest BCUT2D eigenvalue weighted by molar-refractivity contribution is -0.142. The maximum atomic E-state index is 12.0. The van der Waals surface area contributed by atoms with Crippen molar-refractivity contribution in [3.63, 3.8) is 0 Å². The van der Waals surface area contributed by atoms with Crippen LogP contribution in [0, 0.1) is 5.92 Å². The second-order valence-corrected chi connectivity index (χ2v) is 6.65. The molecule has 23 heavy (non-hydrogen) atoms. The number of hydrogen-bond acceptors (Lipinski definition) is 5. The molecule has 1 saturated carbocycles. The minimum absolute atomic E-state index is 0.143. The summed E-state index contributed by atoms with van der Waals surface area (Å²) in [6.45, 7) is 0.305. The molecule has 0 saturated heterocycles. The van der Waals surface area contributed by atoms with Gasteiger partial charge in [0.05, 0.1) is 6.61 Å². The summed E-state index contributed by atoms with van der Waals surface area (Å²) in [5.74, 6) is -0.304. The average Bonchev–Trinajstić information content (AvgIpc) is 3.24. The summed E-state index contributed by atoms with van der Waals surface area (Å²) in [6.07, 6.45) is 2.23. The molecule has 1 aliphatic rings. The molecule has 0 bridgehead atoms. The van der Waals surface area contributed by atoms with E-state index in [1.165, 1.54) is 11.3 Å². The van der Waals surface area contributed by atoms with Gasteiger partial charge in [0.2, 0.25) is 0 Å². The summed E-state index contributed by atoms with van der Waals surface area (Å²) in [6, 6.07) is 7.27. The number of carbonyl (C=O) groups is 2. The van der Waals surface area contributed by atoms with Gasteiger partial charge in [0.15, 0.2) is 0 Å². The quantitative estimate of drug-likeness (QED) is 0.812. The first-order valence-corrected chi connectivity index (χ1v) is 8.53. The van der Waals surface area contributed by atoms with Gasteiger partial charge in [-0.15, -0.1) is 11.3 Å². The highest BCUT2D eigenvalue weighted by Crippen LogP contribution is 2.28. The Kier molecular flexibility index (Phi) is 4.93. The van der Waals surface area contributed by atoms with E-state index in [1.54, 1.807) is 17.5 Å². The molecular formula is C16H15ClN2O3S. The van der Waals surface area contributed by atoms with E-state index < -0.39 is 11.9 Å². The Bertz CT molecular complexity index is 728. The number of nitrogens with one attached hydrogen (secondary N) is 1. The van der Waals surface area contributed by atoms with Crippen molar-refractivity contribution in [1.29, 1.82) is 0 Å². The van der Waals surface area contributed by atoms with Crippen LogP contribution in [0.3, 0.4) is 0 Å². The first-order chi connectivity index (χ1) is 11.1. The first-order valence-electron chi connectivity index (χ1n) is 7.27. The van der Waals surface area contributed by atoms with E-state index in [0.717, 1.165) is 18.4 Å². The van der Waals surface area contributed by atoms with E-state index in [1.807, 2.05) is 12.1 Å². The Morgan fingerprint density at radius 1 is 1.39 bits per heavy atom. The highest BCUT2D eigenvalue weighted by atomic mass is 35.5. The number of esters is 1. The van der Waals surface area contributed by atoms with Crippen molar-refractivity contribution in [3.8, 4) is 10.6 Å². The minimum atomic E-state index is -0.421. The number of amides is 1. The van der Waals surface area contributed by atoms with Gasteiger partial charge in [-0.2, -0.15) is 0 Å². The summed E-state index contributed by atoms with van der Waals surface area (Å²) < 4.78 is 5.05. The van der Waals surface area contributed by atoms with Crippen molar-refractivity contribution < 1.29 is 14.3 Å².